The van der Waals surface area contributed by atoms with Crippen molar-refractivity contribution in [3.05, 3.63) is 0 Å². The van der Waals surface area contributed by atoms with Gasteiger partial charge in [0.15, 0.2) is 0 Å². The Morgan fingerprint density at radius 3 is 2.50 bits per heavy atom. The van der Waals surface area contributed by atoms with Gasteiger partial charge in [0.05, 0.1) is 6.61 Å². The van der Waals surface area contributed by atoms with Crippen LogP contribution in [0, 0.1) is 0 Å². The van der Waals surface area contributed by atoms with Crippen LogP contribution in [0.15, 0.2) is 0 Å². The first-order chi connectivity index (χ1) is 7.63. The largest absolute Gasteiger partial charge is 0.480 e. The third-order valence-corrected chi connectivity index (χ3v) is 3.21. The molecule has 0 aromatic carbocycles. The van der Waals surface area contributed by atoms with Crippen molar-refractivity contribution < 1.29 is 19.4 Å². The minimum atomic E-state index is -0.788. The smallest absolute Gasteiger partial charge is 0.321 e. The van der Waals surface area contributed by atoms with Gasteiger partial charge in [-0.2, -0.15) is 0 Å². The fourth-order valence-corrected chi connectivity index (χ4v) is 1.98. The molecule has 0 aromatic rings. The van der Waals surface area contributed by atoms with Crippen LogP contribution < -0.4 is 5.32 Å². The Morgan fingerprint density at radius 1 is 1.62 bits per heavy atom. The molecule has 0 aliphatic rings. The SMILES string of the molecule is CCCOC=O.CNC(CSSC)C(=O)O. The second kappa shape index (κ2) is 14.6. The summed E-state index contributed by atoms with van der Waals surface area (Å²) in [6.07, 6.45) is 2.83. The molecule has 0 rings (SSSR count). The molecule has 0 saturated carbocycles. The number of hydrogen-bond acceptors (Lipinski definition) is 6. The average Bonchev–Trinajstić information content (AvgIpc) is 2.28. The highest BCUT2D eigenvalue weighted by Crippen LogP contribution is 2.17. The van der Waals surface area contributed by atoms with Gasteiger partial charge in [-0.05, 0) is 19.7 Å². The molecular weight excluding hydrogens is 250 g/mol. The first-order valence-corrected chi connectivity index (χ1v) is 7.47. The van der Waals surface area contributed by atoms with Crippen LogP contribution in [0.2, 0.25) is 0 Å². The fraction of sp³-hybridized carbons (Fsp3) is 0.778. The summed E-state index contributed by atoms with van der Waals surface area (Å²) in [5.41, 5.74) is 0. The zero-order chi connectivity index (χ0) is 12.8. The van der Waals surface area contributed by atoms with Gasteiger partial charge in [-0.1, -0.05) is 28.5 Å². The number of ether oxygens (including phenoxy) is 1. The van der Waals surface area contributed by atoms with Crippen LogP contribution in [0.1, 0.15) is 13.3 Å². The van der Waals surface area contributed by atoms with Crippen LogP contribution in [0.5, 0.6) is 0 Å². The van der Waals surface area contributed by atoms with Crippen molar-refractivity contribution in [2.24, 2.45) is 0 Å². The van der Waals surface area contributed by atoms with Gasteiger partial charge in [0, 0.05) is 5.75 Å². The molecule has 0 fully saturated rings. The molecule has 0 aliphatic carbocycles. The van der Waals surface area contributed by atoms with Gasteiger partial charge in [0.2, 0.25) is 0 Å². The average molecular weight is 269 g/mol. The molecule has 0 bridgehead atoms. The van der Waals surface area contributed by atoms with Crippen molar-refractivity contribution in [2.45, 2.75) is 19.4 Å². The Balaban J connectivity index is 0. The molecule has 2 N–H and O–H groups in total. The fourth-order valence-electron chi connectivity index (χ4n) is 0.580. The quantitative estimate of drug-likeness (QED) is 0.390. The Morgan fingerprint density at radius 2 is 2.25 bits per heavy atom. The molecule has 0 aromatic heterocycles. The molecule has 0 aliphatic heterocycles. The lowest BCUT2D eigenvalue weighted by Crippen LogP contribution is -2.35. The maximum Gasteiger partial charge on any atom is 0.321 e. The summed E-state index contributed by atoms with van der Waals surface area (Å²) in [7, 11) is 4.77. The van der Waals surface area contributed by atoms with Gasteiger partial charge in [0.1, 0.15) is 6.04 Å². The number of likely N-dealkylation sites (N-methyl/N-ethyl adjacent to an activating group) is 1. The van der Waals surface area contributed by atoms with Crippen LogP contribution in [-0.4, -0.2) is 49.3 Å². The van der Waals surface area contributed by atoms with E-state index in [0.717, 1.165) is 6.42 Å². The predicted molar refractivity (Wildman–Crippen MR) is 68.8 cm³/mol. The molecule has 5 nitrogen and oxygen atoms in total. The Kier molecular flexibility index (Phi) is 16.4. The number of rotatable bonds is 8. The minimum absolute atomic E-state index is 0.419. The maximum atomic E-state index is 10.4. The molecule has 0 spiro atoms. The number of carbonyl (C=O) groups is 2. The molecular formula is C9H19NO4S2. The monoisotopic (exact) mass is 269 g/mol. The Bertz CT molecular complexity index is 181. The number of carboxylic acids is 1. The van der Waals surface area contributed by atoms with Crippen LogP contribution in [-0.2, 0) is 14.3 Å². The first kappa shape index (κ1) is 18.0. The van der Waals surface area contributed by atoms with Gasteiger partial charge in [-0.15, -0.1) is 0 Å². The Hall–Kier alpha value is -0.400. The minimum Gasteiger partial charge on any atom is -0.480 e. The van der Waals surface area contributed by atoms with Crippen molar-refractivity contribution in [3.8, 4) is 0 Å². The van der Waals surface area contributed by atoms with E-state index in [2.05, 4.69) is 10.1 Å². The molecule has 1 unspecified atom stereocenters. The summed E-state index contributed by atoms with van der Waals surface area (Å²) in [5.74, 6) is -0.184. The van der Waals surface area contributed by atoms with Crippen LogP contribution in [0.3, 0.4) is 0 Å². The zero-order valence-corrected chi connectivity index (χ0v) is 11.4. The summed E-state index contributed by atoms with van der Waals surface area (Å²) in [6, 6.07) is -0.419. The van der Waals surface area contributed by atoms with Crippen molar-refractivity contribution in [1.29, 1.82) is 0 Å². The number of aliphatic carboxylic acids is 1. The predicted octanol–water partition coefficient (Wildman–Crippen LogP) is 1.24. The van der Waals surface area contributed by atoms with E-state index in [0.29, 0.717) is 18.8 Å². The van der Waals surface area contributed by atoms with E-state index in [1.807, 2.05) is 13.2 Å². The highest BCUT2D eigenvalue weighted by molar-refractivity contribution is 8.76. The third-order valence-electron chi connectivity index (χ3n) is 1.39. The maximum absolute atomic E-state index is 10.4. The highest BCUT2D eigenvalue weighted by Gasteiger charge is 2.13. The molecule has 0 heterocycles. The summed E-state index contributed by atoms with van der Waals surface area (Å²) in [5, 5.41) is 11.2. The number of carbonyl (C=O) groups excluding carboxylic acids is 1. The number of hydrogen-bond donors (Lipinski definition) is 2. The van der Waals surface area contributed by atoms with E-state index in [1.165, 1.54) is 0 Å². The Labute approximate surface area is 104 Å². The standard InChI is InChI=1S/C5H11NO2S2.C4H8O2/c1-6-4(5(7)8)3-10-9-2;1-2-3-6-4-5/h4,6H,3H2,1-2H3,(H,7,8);4H,2-3H2,1H3. The lowest BCUT2D eigenvalue weighted by Gasteiger charge is -2.07. The lowest BCUT2D eigenvalue weighted by molar-refractivity contribution is -0.138. The topological polar surface area (TPSA) is 75.6 Å². The van der Waals surface area contributed by atoms with Crippen LogP contribution in [0.4, 0.5) is 0 Å². The van der Waals surface area contributed by atoms with Crippen LogP contribution >= 0.6 is 21.6 Å². The second-order valence-corrected chi connectivity index (χ2v) is 5.21. The summed E-state index contributed by atoms with van der Waals surface area (Å²) < 4.78 is 4.30. The molecule has 0 amide bonds. The van der Waals surface area contributed by atoms with E-state index in [9.17, 15) is 9.59 Å². The van der Waals surface area contributed by atoms with Gasteiger partial charge < -0.3 is 15.2 Å². The molecule has 0 saturated heterocycles. The third kappa shape index (κ3) is 13.6. The molecule has 7 heteroatoms. The molecule has 96 valence electrons. The summed E-state index contributed by atoms with van der Waals surface area (Å²) >= 11 is 0. The van der Waals surface area contributed by atoms with Gasteiger partial charge in [-0.25, -0.2) is 0 Å². The summed E-state index contributed by atoms with van der Waals surface area (Å²) in [6.45, 7) is 2.95. The molecule has 16 heavy (non-hydrogen) atoms. The number of nitrogens with one attached hydrogen (secondary N) is 1. The first-order valence-electron chi connectivity index (χ1n) is 4.74. The zero-order valence-electron chi connectivity index (χ0n) is 9.76. The number of carboxylic acid groups (broad SMARTS) is 1. The van der Waals surface area contributed by atoms with E-state index in [4.69, 9.17) is 5.11 Å². The van der Waals surface area contributed by atoms with Crippen molar-refractivity contribution in [2.75, 3.05) is 25.7 Å². The second-order valence-electron chi connectivity index (χ2n) is 2.60. The van der Waals surface area contributed by atoms with E-state index in [-0.39, 0.29) is 0 Å². The van der Waals surface area contributed by atoms with Crippen LogP contribution in [0.25, 0.3) is 0 Å². The van der Waals surface area contributed by atoms with Crippen molar-refractivity contribution in [3.63, 3.8) is 0 Å². The van der Waals surface area contributed by atoms with Gasteiger partial charge in [-0.3, -0.25) is 9.59 Å². The van der Waals surface area contributed by atoms with Gasteiger partial charge in [0.25, 0.3) is 6.47 Å². The highest BCUT2D eigenvalue weighted by atomic mass is 33.1. The van der Waals surface area contributed by atoms with E-state index >= 15 is 0 Å². The van der Waals surface area contributed by atoms with Gasteiger partial charge >= 0.3 is 5.97 Å². The lowest BCUT2D eigenvalue weighted by atomic mass is 10.3. The van der Waals surface area contributed by atoms with E-state index < -0.39 is 12.0 Å². The normalized spacial score (nSPS) is 10.9. The van der Waals surface area contributed by atoms with Crippen molar-refractivity contribution >= 4 is 34.0 Å². The van der Waals surface area contributed by atoms with E-state index in [1.54, 1.807) is 28.6 Å². The summed E-state index contributed by atoms with van der Waals surface area (Å²) in [4.78, 5) is 19.7. The van der Waals surface area contributed by atoms with Crippen molar-refractivity contribution in [1.82, 2.24) is 5.32 Å². The molecule has 1 atom stereocenters. The molecule has 0 radical (unpaired) electrons.